The SMILES string of the molecule is CCOC(=O)/C(C#N)=C1\C=C(C)CC(C)(C)C1. The van der Waals surface area contributed by atoms with Crippen LogP contribution in [0.2, 0.25) is 0 Å². The van der Waals surface area contributed by atoms with Crippen molar-refractivity contribution in [1.29, 1.82) is 5.26 Å². The second-order valence-electron chi connectivity index (χ2n) is 5.24. The van der Waals surface area contributed by atoms with E-state index in [2.05, 4.69) is 13.8 Å². The van der Waals surface area contributed by atoms with Gasteiger partial charge in [-0.15, -0.1) is 0 Å². The number of nitrogens with zero attached hydrogens (tertiary/aromatic N) is 1. The monoisotopic (exact) mass is 233 g/mol. The Balaban J connectivity index is 3.14. The predicted molar refractivity (Wildman–Crippen MR) is 66.0 cm³/mol. The molecule has 0 saturated heterocycles. The van der Waals surface area contributed by atoms with Crippen LogP contribution in [-0.2, 0) is 9.53 Å². The van der Waals surface area contributed by atoms with Crippen LogP contribution in [0, 0.1) is 16.7 Å². The molecule has 17 heavy (non-hydrogen) atoms. The van der Waals surface area contributed by atoms with E-state index in [1.54, 1.807) is 6.92 Å². The Morgan fingerprint density at radius 1 is 1.53 bits per heavy atom. The van der Waals surface area contributed by atoms with Gasteiger partial charge in [-0.3, -0.25) is 0 Å². The van der Waals surface area contributed by atoms with Gasteiger partial charge in [-0.25, -0.2) is 4.79 Å². The number of nitriles is 1. The van der Waals surface area contributed by atoms with Gasteiger partial charge in [-0.1, -0.05) is 25.5 Å². The Morgan fingerprint density at radius 2 is 2.18 bits per heavy atom. The molecule has 0 aromatic heterocycles. The molecule has 0 spiro atoms. The van der Waals surface area contributed by atoms with Crippen molar-refractivity contribution in [1.82, 2.24) is 0 Å². The predicted octanol–water partition coefficient (Wildman–Crippen LogP) is 3.14. The number of ether oxygens (including phenoxy) is 1. The summed E-state index contributed by atoms with van der Waals surface area (Å²) >= 11 is 0. The van der Waals surface area contributed by atoms with Gasteiger partial charge in [-0.2, -0.15) is 5.26 Å². The summed E-state index contributed by atoms with van der Waals surface area (Å²) in [5.41, 5.74) is 2.26. The molecule has 0 aromatic carbocycles. The van der Waals surface area contributed by atoms with Gasteiger partial charge in [0.1, 0.15) is 11.6 Å². The van der Waals surface area contributed by atoms with Gasteiger partial charge in [0.15, 0.2) is 0 Å². The lowest BCUT2D eigenvalue weighted by Crippen LogP contribution is -2.19. The lowest BCUT2D eigenvalue weighted by Gasteiger charge is -2.30. The number of esters is 1. The van der Waals surface area contributed by atoms with E-state index in [1.165, 1.54) is 5.57 Å². The molecular formula is C14H19NO2. The van der Waals surface area contributed by atoms with E-state index in [-0.39, 0.29) is 11.0 Å². The highest BCUT2D eigenvalue weighted by atomic mass is 16.5. The molecule has 0 saturated carbocycles. The topological polar surface area (TPSA) is 50.1 Å². The third-order valence-corrected chi connectivity index (χ3v) is 2.76. The zero-order valence-electron chi connectivity index (χ0n) is 11.0. The van der Waals surface area contributed by atoms with E-state index in [0.717, 1.165) is 18.4 Å². The molecule has 0 N–H and O–H groups in total. The first kappa shape index (κ1) is 13.5. The Hall–Kier alpha value is -1.56. The molecule has 0 bridgehead atoms. The molecule has 0 atom stereocenters. The fourth-order valence-corrected chi connectivity index (χ4v) is 2.34. The van der Waals surface area contributed by atoms with Crippen molar-refractivity contribution in [2.24, 2.45) is 5.41 Å². The van der Waals surface area contributed by atoms with Crippen LogP contribution in [0.25, 0.3) is 0 Å². The summed E-state index contributed by atoms with van der Waals surface area (Å²) < 4.78 is 4.90. The van der Waals surface area contributed by atoms with Gasteiger partial charge >= 0.3 is 5.97 Å². The zero-order valence-corrected chi connectivity index (χ0v) is 11.0. The molecule has 0 aliphatic heterocycles. The summed E-state index contributed by atoms with van der Waals surface area (Å²) in [5, 5.41) is 9.09. The lowest BCUT2D eigenvalue weighted by molar-refractivity contribution is -0.138. The summed E-state index contributed by atoms with van der Waals surface area (Å²) in [4.78, 5) is 11.7. The maximum Gasteiger partial charge on any atom is 0.349 e. The fraction of sp³-hybridized carbons (Fsp3) is 0.571. The maximum absolute atomic E-state index is 11.7. The summed E-state index contributed by atoms with van der Waals surface area (Å²) in [5.74, 6) is -0.508. The van der Waals surface area contributed by atoms with E-state index in [9.17, 15) is 4.79 Å². The number of rotatable bonds is 2. The van der Waals surface area contributed by atoms with Crippen molar-refractivity contribution < 1.29 is 9.53 Å². The molecule has 3 nitrogen and oxygen atoms in total. The van der Waals surface area contributed by atoms with Gasteiger partial charge in [0.2, 0.25) is 0 Å². The smallest absolute Gasteiger partial charge is 0.349 e. The summed E-state index contributed by atoms with van der Waals surface area (Å²) in [7, 11) is 0. The first-order valence-corrected chi connectivity index (χ1v) is 5.87. The standard InChI is InChI=1S/C14H19NO2/c1-5-17-13(16)12(9-15)11-6-10(2)7-14(3,4)8-11/h6H,5,7-8H2,1-4H3/b12-11+. The minimum atomic E-state index is -0.508. The second-order valence-corrected chi connectivity index (χ2v) is 5.24. The van der Waals surface area contributed by atoms with E-state index in [1.807, 2.05) is 19.1 Å². The molecule has 0 heterocycles. The summed E-state index contributed by atoms with van der Waals surface area (Å²) in [6.45, 7) is 8.35. The van der Waals surface area contributed by atoms with Crippen LogP contribution in [0.5, 0.6) is 0 Å². The molecular weight excluding hydrogens is 214 g/mol. The van der Waals surface area contributed by atoms with Crippen LogP contribution in [0.1, 0.15) is 40.5 Å². The van der Waals surface area contributed by atoms with Crippen molar-refractivity contribution in [3.63, 3.8) is 0 Å². The normalized spacial score (nSPS) is 21.2. The van der Waals surface area contributed by atoms with E-state index in [4.69, 9.17) is 10.00 Å². The molecule has 1 aliphatic carbocycles. The van der Waals surface area contributed by atoms with E-state index < -0.39 is 5.97 Å². The molecule has 0 aromatic rings. The average molecular weight is 233 g/mol. The molecule has 0 radical (unpaired) electrons. The van der Waals surface area contributed by atoms with Crippen LogP contribution in [0.4, 0.5) is 0 Å². The lowest BCUT2D eigenvalue weighted by atomic mass is 9.74. The van der Waals surface area contributed by atoms with Crippen molar-refractivity contribution in [3.8, 4) is 6.07 Å². The first-order valence-electron chi connectivity index (χ1n) is 5.87. The molecule has 92 valence electrons. The van der Waals surface area contributed by atoms with Gasteiger partial charge in [0, 0.05) is 0 Å². The Bertz CT molecular complexity index is 422. The number of carbonyl (C=O) groups is 1. The molecule has 1 rings (SSSR count). The molecule has 1 aliphatic rings. The molecule has 0 amide bonds. The number of hydrogen-bond donors (Lipinski definition) is 0. The fourth-order valence-electron chi connectivity index (χ4n) is 2.34. The van der Waals surface area contributed by atoms with E-state index >= 15 is 0 Å². The summed E-state index contributed by atoms with van der Waals surface area (Å²) in [6.07, 6.45) is 3.69. The Labute approximate surface area is 103 Å². The highest BCUT2D eigenvalue weighted by molar-refractivity contribution is 5.94. The minimum Gasteiger partial charge on any atom is -0.462 e. The van der Waals surface area contributed by atoms with Gasteiger partial charge in [-0.05, 0) is 37.7 Å². The minimum absolute atomic E-state index is 0.1000. The van der Waals surface area contributed by atoms with Crippen LogP contribution >= 0.6 is 0 Å². The third kappa shape index (κ3) is 3.45. The van der Waals surface area contributed by atoms with Crippen molar-refractivity contribution in [2.45, 2.75) is 40.5 Å². The van der Waals surface area contributed by atoms with Crippen LogP contribution in [-0.4, -0.2) is 12.6 Å². The zero-order chi connectivity index (χ0) is 13.1. The Morgan fingerprint density at radius 3 is 2.65 bits per heavy atom. The van der Waals surface area contributed by atoms with Gasteiger partial charge in [0.05, 0.1) is 6.61 Å². The van der Waals surface area contributed by atoms with Crippen LogP contribution in [0.15, 0.2) is 22.8 Å². The van der Waals surface area contributed by atoms with E-state index in [0.29, 0.717) is 6.61 Å². The molecule has 3 heteroatoms. The average Bonchev–Trinajstić information content (AvgIpc) is 2.15. The van der Waals surface area contributed by atoms with Crippen molar-refractivity contribution in [2.75, 3.05) is 6.61 Å². The molecule has 0 fully saturated rings. The van der Waals surface area contributed by atoms with Crippen LogP contribution in [0.3, 0.4) is 0 Å². The number of carbonyl (C=O) groups excluding carboxylic acids is 1. The first-order chi connectivity index (χ1) is 7.89. The Kier molecular flexibility index (Phi) is 4.11. The second kappa shape index (κ2) is 5.18. The van der Waals surface area contributed by atoms with Gasteiger partial charge in [0.25, 0.3) is 0 Å². The van der Waals surface area contributed by atoms with Crippen molar-refractivity contribution in [3.05, 3.63) is 22.8 Å². The quantitative estimate of drug-likeness (QED) is 0.418. The highest BCUT2D eigenvalue weighted by Crippen LogP contribution is 2.38. The van der Waals surface area contributed by atoms with Crippen molar-refractivity contribution >= 4 is 5.97 Å². The summed E-state index contributed by atoms with van der Waals surface area (Å²) in [6, 6.07) is 1.98. The maximum atomic E-state index is 11.7. The number of hydrogen-bond acceptors (Lipinski definition) is 3. The van der Waals surface area contributed by atoms with Gasteiger partial charge < -0.3 is 4.74 Å². The number of allylic oxidation sites excluding steroid dienone is 3. The van der Waals surface area contributed by atoms with Crippen LogP contribution < -0.4 is 0 Å². The largest absolute Gasteiger partial charge is 0.462 e. The highest BCUT2D eigenvalue weighted by Gasteiger charge is 2.27. The molecule has 0 unspecified atom stereocenters. The third-order valence-electron chi connectivity index (χ3n) is 2.76.